The minimum absolute atomic E-state index is 0.0357. The molecule has 2 aromatic rings. The van der Waals surface area contributed by atoms with Gasteiger partial charge in [0.05, 0.1) is 17.8 Å². The number of unbranched alkanes of at least 4 members (excludes halogenated alkanes) is 1. The molecule has 2 aromatic carbocycles. The van der Waals surface area contributed by atoms with Crippen molar-refractivity contribution in [3.05, 3.63) is 94.1 Å². The first kappa shape index (κ1) is 33.6. The fourth-order valence-electron chi connectivity index (χ4n) is 4.66. The van der Waals surface area contributed by atoms with Crippen LogP contribution in [-0.4, -0.2) is 51.3 Å². The van der Waals surface area contributed by atoms with Crippen LogP contribution in [0.25, 0.3) is 0 Å². The molecule has 0 unspecified atom stereocenters. The molecule has 234 valence electrons. The fourth-order valence-corrected chi connectivity index (χ4v) is 4.66. The van der Waals surface area contributed by atoms with Gasteiger partial charge in [-0.1, -0.05) is 42.5 Å². The third-order valence-electron chi connectivity index (χ3n) is 6.87. The van der Waals surface area contributed by atoms with Crippen molar-refractivity contribution in [2.24, 2.45) is 11.8 Å². The van der Waals surface area contributed by atoms with E-state index in [4.69, 9.17) is 9.47 Å². The lowest BCUT2D eigenvalue weighted by Crippen LogP contribution is -2.21. The fraction of sp³-hybridized carbons (Fsp3) is 0.433. The number of carbonyl (C=O) groups excluding carboxylic acids is 1. The molecule has 0 aromatic heterocycles. The molecular formula is C30H34F3NO9. The Bertz CT molecular complexity index is 1250. The van der Waals surface area contributed by atoms with Gasteiger partial charge in [-0.2, -0.15) is 13.2 Å². The summed E-state index contributed by atoms with van der Waals surface area (Å²) in [4.78, 5) is 26.6. The van der Waals surface area contributed by atoms with Crippen molar-refractivity contribution in [2.75, 3.05) is 6.61 Å². The number of halogens is 3. The molecule has 0 aliphatic heterocycles. The number of aliphatic hydroxyl groups excluding tert-OH is 3. The van der Waals surface area contributed by atoms with E-state index < -0.39 is 47.0 Å². The number of rotatable bonds is 15. The maximum absolute atomic E-state index is 12.9. The molecule has 0 saturated heterocycles. The zero-order chi connectivity index (χ0) is 31.4. The van der Waals surface area contributed by atoms with Gasteiger partial charge in [-0.05, 0) is 61.1 Å². The molecule has 0 radical (unpaired) electrons. The normalized spacial score (nSPS) is 21.3. The second-order valence-electron chi connectivity index (χ2n) is 10.1. The summed E-state index contributed by atoms with van der Waals surface area (Å²) in [6, 6.07) is 10.5. The van der Waals surface area contributed by atoms with Crippen LogP contribution in [0.15, 0.2) is 72.8 Å². The lowest BCUT2D eigenvalue weighted by atomic mass is 9.89. The van der Waals surface area contributed by atoms with Crippen LogP contribution >= 0.6 is 0 Å². The van der Waals surface area contributed by atoms with Gasteiger partial charge in [0.2, 0.25) is 0 Å². The number of allylic oxidation sites excluding steroid dienone is 2. The Morgan fingerprint density at radius 1 is 1.09 bits per heavy atom. The SMILES string of the molecule is O=C(CCCC=CC[C@@H]1[C@@H](C=C[C@@H](O)COc2cccc(C(F)(F)F)c2)[C@H](O)C[C@@H]1O)Oc1ccc(CO[N+](=O)[O-])cc1. The molecule has 5 atom stereocenters. The summed E-state index contributed by atoms with van der Waals surface area (Å²) in [5.74, 6) is -0.923. The number of esters is 1. The van der Waals surface area contributed by atoms with Gasteiger partial charge >= 0.3 is 12.1 Å². The summed E-state index contributed by atoms with van der Waals surface area (Å²) in [5.41, 5.74) is -0.306. The van der Waals surface area contributed by atoms with Gasteiger partial charge in [-0.25, -0.2) is 0 Å². The average Bonchev–Trinajstić information content (AvgIpc) is 3.23. The van der Waals surface area contributed by atoms with Crippen molar-refractivity contribution >= 4 is 5.97 Å². The van der Waals surface area contributed by atoms with Gasteiger partial charge in [0.15, 0.2) is 0 Å². The van der Waals surface area contributed by atoms with Crippen molar-refractivity contribution in [3.8, 4) is 11.5 Å². The molecule has 3 rings (SSSR count). The standard InChI is InChI=1S/C30H34F3NO9/c31-30(32,33)21-6-5-7-24(16-21)41-19-22(35)12-15-26-25(27(36)17-28(26)37)8-3-1-2-4-9-29(38)43-23-13-10-20(11-14-23)18-42-34(39)40/h1,3,5-7,10-16,22,25-28,35-37H,2,4,8-9,17-19H2/t22-,25-,26-,27+,28-/m1/s1. The van der Waals surface area contributed by atoms with Crippen LogP contribution in [0.5, 0.6) is 11.5 Å². The van der Waals surface area contributed by atoms with Gasteiger partial charge in [0, 0.05) is 18.8 Å². The molecule has 1 aliphatic carbocycles. The predicted molar refractivity (Wildman–Crippen MR) is 147 cm³/mol. The molecule has 1 aliphatic rings. The van der Waals surface area contributed by atoms with E-state index in [0.717, 1.165) is 12.1 Å². The molecule has 1 saturated carbocycles. The van der Waals surface area contributed by atoms with E-state index in [1.54, 1.807) is 18.2 Å². The first-order valence-electron chi connectivity index (χ1n) is 13.7. The molecule has 1 fully saturated rings. The number of aliphatic hydroxyl groups is 3. The summed E-state index contributed by atoms with van der Waals surface area (Å²) in [6.07, 6.45) is 1.33. The first-order valence-corrected chi connectivity index (χ1v) is 13.7. The zero-order valence-electron chi connectivity index (χ0n) is 23.1. The highest BCUT2D eigenvalue weighted by molar-refractivity contribution is 5.72. The Morgan fingerprint density at radius 3 is 2.53 bits per heavy atom. The van der Waals surface area contributed by atoms with E-state index in [2.05, 4.69) is 4.84 Å². The third kappa shape index (κ3) is 11.3. The van der Waals surface area contributed by atoms with E-state index in [-0.39, 0.29) is 37.7 Å². The lowest BCUT2D eigenvalue weighted by molar-refractivity contribution is -0.763. The molecule has 10 nitrogen and oxygen atoms in total. The Morgan fingerprint density at radius 2 is 1.84 bits per heavy atom. The van der Waals surface area contributed by atoms with Gasteiger partial charge in [0.25, 0.3) is 5.09 Å². The molecular weight excluding hydrogens is 575 g/mol. The number of ether oxygens (including phenoxy) is 2. The number of hydrogen-bond acceptors (Lipinski definition) is 9. The third-order valence-corrected chi connectivity index (χ3v) is 6.87. The highest BCUT2D eigenvalue weighted by Gasteiger charge is 2.39. The van der Waals surface area contributed by atoms with Crippen LogP contribution < -0.4 is 9.47 Å². The number of alkyl halides is 3. The molecule has 0 heterocycles. The van der Waals surface area contributed by atoms with Crippen LogP contribution in [0.2, 0.25) is 0 Å². The number of nitrogens with zero attached hydrogens (tertiary/aromatic N) is 1. The maximum atomic E-state index is 12.9. The molecule has 0 spiro atoms. The minimum Gasteiger partial charge on any atom is -0.491 e. The first-order chi connectivity index (χ1) is 20.4. The highest BCUT2D eigenvalue weighted by atomic mass is 19.4. The van der Waals surface area contributed by atoms with E-state index in [0.29, 0.717) is 30.6 Å². The van der Waals surface area contributed by atoms with Crippen molar-refractivity contribution in [3.63, 3.8) is 0 Å². The number of carbonyl (C=O) groups is 1. The van der Waals surface area contributed by atoms with E-state index in [1.165, 1.54) is 30.3 Å². The highest BCUT2D eigenvalue weighted by Crippen LogP contribution is 2.36. The molecule has 3 N–H and O–H groups in total. The van der Waals surface area contributed by atoms with E-state index >= 15 is 0 Å². The van der Waals surface area contributed by atoms with Crippen LogP contribution in [0.3, 0.4) is 0 Å². The lowest BCUT2D eigenvalue weighted by Gasteiger charge is -2.19. The monoisotopic (exact) mass is 609 g/mol. The second-order valence-corrected chi connectivity index (χ2v) is 10.1. The zero-order valence-corrected chi connectivity index (χ0v) is 23.1. The summed E-state index contributed by atoms with van der Waals surface area (Å²) >= 11 is 0. The molecule has 0 amide bonds. The average molecular weight is 610 g/mol. The summed E-state index contributed by atoms with van der Waals surface area (Å²) < 4.78 is 49.1. The van der Waals surface area contributed by atoms with Crippen molar-refractivity contribution in [1.82, 2.24) is 0 Å². The second kappa shape index (κ2) is 16.1. The maximum Gasteiger partial charge on any atom is 0.416 e. The van der Waals surface area contributed by atoms with Crippen LogP contribution in [0.1, 0.15) is 43.2 Å². The van der Waals surface area contributed by atoms with E-state index in [1.807, 2.05) is 12.2 Å². The summed E-state index contributed by atoms with van der Waals surface area (Å²) in [6.45, 7) is -0.495. The van der Waals surface area contributed by atoms with Crippen LogP contribution in [-0.2, 0) is 22.4 Å². The van der Waals surface area contributed by atoms with Gasteiger partial charge in [-0.3, -0.25) is 4.79 Å². The Hall–Kier alpha value is -3.94. The van der Waals surface area contributed by atoms with Crippen LogP contribution in [0.4, 0.5) is 13.2 Å². The van der Waals surface area contributed by atoms with Gasteiger partial charge in [0.1, 0.15) is 30.8 Å². The molecule has 0 bridgehead atoms. The Labute approximate surface area is 246 Å². The van der Waals surface area contributed by atoms with Crippen molar-refractivity contribution in [1.29, 1.82) is 0 Å². The smallest absolute Gasteiger partial charge is 0.416 e. The van der Waals surface area contributed by atoms with Gasteiger partial charge in [-0.15, -0.1) is 10.1 Å². The number of hydrogen-bond donors (Lipinski definition) is 3. The summed E-state index contributed by atoms with van der Waals surface area (Å²) in [7, 11) is 0. The van der Waals surface area contributed by atoms with Crippen molar-refractivity contribution < 1.29 is 52.7 Å². The van der Waals surface area contributed by atoms with E-state index in [9.17, 15) is 43.4 Å². The Kier molecular flexibility index (Phi) is 12.5. The quantitative estimate of drug-likeness (QED) is 0.0647. The largest absolute Gasteiger partial charge is 0.491 e. The minimum atomic E-state index is -4.51. The molecule has 43 heavy (non-hydrogen) atoms. The Balaban J connectivity index is 1.39. The number of benzene rings is 2. The predicted octanol–water partition coefficient (Wildman–Crippen LogP) is 4.79. The summed E-state index contributed by atoms with van der Waals surface area (Å²) in [5, 5.41) is 40.4. The topological polar surface area (TPSA) is 149 Å². The van der Waals surface area contributed by atoms with Crippen molar-refractivity contribution in [2.45, 2.75) is 63.2 Å². The van der Waals surface area contributed by atoms with Gasteiger partial charge < -0.3 is 29.6 Å². The molecule has 13 heteroatoms. The van der Waals surface area contributed by atoms with Crippen LogP contribution in [0, 0.1) is 22.0 Å².